The first kappa shape index (κ1) is 25.0. The largest absolute Gasteiger partial charge is 0.399 e. The van der Waals surface area contributed by atoms with Crippen LogP contribution in [0.5, 0.6) is 0 Å². The third-order valence-electron chi connectivity index (χ3n) is 5.96. The molecule has 5 nitrogen and oxygen atoms in total. The standard InChI is InChI=1S/C21H33N3O2.2ClH/c1-16-7-8-17(22)13-18(16)19(25)23-14-21(9-5-4-6-10-21)24-11-12-26-20(2,3)15-24;;/h7-8,13H,4-6,9-12,14-15,22H2,1-3H3,(H,23,25);2*1H. The normalized spacial score (nSPS) is 21.1. The predicted octanol–water partition coefficient (Wildman–Crippen LogP) is 3.96. The zero-order chi connectivity index (χ0) is 18.8. The molecular weight excluding hydrogens is 397 g/mol. The van der Waals surface area contributed by atoms with Gasteiger partial charge in [0.25, 0.3) is 5.91 Å². The highest BCUT2D eigenvalue weighted by Crippen LogP contribution is 2.36. The fourth-order valence-electron chi connectivity index (χ4n) is 4.46. The molecule has 1 aliphatic heterocycles. The van der Waals surface area contributed by atoms with Crippen LogP contribution in [0.2, 0.25) is 0 Å². The van der Waals surface area contributed by atoms with Crippen LogP contribution in [0, 0.1) is 6.92 Å². The maximum Gasteiger partial charge on any atom is 0.251 e. The number of hydrogen-bond donors (Lipinski definition) is 2. The number of amides is 1. The number of nitrogens with two attached hydrogens (primary N) is 1. The van der Waals surface area contributed by atoms with Crippen molar-refractivity contribution in [1.29, 1.82) is 0 Å². The molecule has 0 aromatic heterocycles. The van der Waals surface area contributed by atoms with Gasteiger partial charge in [0.05, 0.1) is 12.2 Å². The van der Waals surface area contributed by atoms with E-state index < -0.39 is 0 Å². The minimum absolute atomic E-state index is 0. The van der Waals surface area contributed by atoms with Gasteiger partial charge in [0, 0.05) is 36.4 Å². The molecular formula is C21H35Cl2N3O2. The van der Waals surface area contributed by atoms with Gasteiger partial charge >= 0.3 is 0 Å². The summed E-state index contributed by atoms with van der Waals surface area (Å²) in [6.45, 7) is 9.58. The fourth-order valence-corrected chi connectivity index (χ4v) is 4.46. The van der Waals surface area contributed by atoms with Gasteiger partial charge in [-0.15, -0.1) is 24.8 Å². The van der Waals surface area contributed by atoms with Crippen molar-refractivity contribution in [3.05, 3.63) is 29.3 Å². The summed E-state index contributed by atoms with van der Waals surface area (Å²) in [7, 11) is 0. The van der Waals surface area contributed by atoms with Gasteiger partial charge in [0.15, 0.2) is 0 Å². The number of halogens is 2. The van der Waals surface area contributed by atoms with Crippen LogP contribution in [0.3, 0.4) is 0 Å². The second-order valence-electron chi connectivity index (χ2n) is 8.57. The number of nitrogens with one attached hydrogen (secondary N) is 1. The van der Waals surface area contributed by atoms with Gasteiger partial charge in [0.1, 0.15) is 0 Å². The molecule has 0 atom stereocenters. The van der Waals surface area contributed by atoms with E-state index in [1.807, 2.05) is 19.1 Å². The molecule has 1 saturated heterocycles. The van der Waals surface area contributed by atoms with Crippen molar-refractivity contribution < 1.29 is 9.53 Å². The van der Waals surface area contributed by atoms with Crippen molar-refractivity contribution in [3.8, 4) is 0 Å². The van der Waals surface area contributed by atoms with Crippen molar-refractivity contribution in [1.82, 2.24) is 10.2 Å². The molecule has 0 radical (unpaired) electrons. The van der Waals surface area contributed by atoms with Gasteiger partial charge in [-0.1, -0.05) is 25.3 Å². The van der Waals surface area contributed by atoms with E-state index in [9.17, 15) is 4.79 Å². The summed E-state index contributed by atoms with van der Waals surface area (Å²) >= 11 is 0. The van der Waals surface area contributed by atoms with Gasteiger partial charge in [0.2, 0.25) is 0 Å². The lowest BCUT2D eigenvalue weighted by Gasteiger charge is -2.51. The molecule has 160 valence electrons. The zero-order valence-corrected chi connectivity index (χ0v) is 18.9. The molecule has 0 spiro atoms. The number of rotatable bonds is 4. The number of carbonyl (C=O) groups is 1. The molecule has 3 rings (SSSR count). The lowest BCUT2D eigenvalue weighted by Crippen LogP contribution is -2.63. The lowest BCUT2D eigenvalue weighted by atomic mass is 9.79. The second kappa shape index (κ2) is 10.1. The van der Waals surface area contributed by atoms with Gasteiger partial charge < -0.3 is 15.8 Å². The maximum atomic E-state index is 12.8. The maximum absolute atomic E-state index is 12.8. The van der Waals surface area contributed by atoms with Crippen molar-refractivity contribution in [2.24, 2.45) is 0 Å². The molecule has 1 heterocycles. The zero-order valence-electron chi connectivity index (χ0n) is 17.3. The molecule has 1 saturated carbocycles. The molecule has 1 amide bonds. The van der Waals surface area contributed by atoms with E-state index in [0.717, 1.165) is 38.1 Å². The Morgan fingerprint density at radius 2 is 1.89 bits per heavy atom. The molecule has 1 aromatic carbocycles. The van der Waals surface area contributed by atoms with Crippen LogP contribution >= 0.6 is 24.8 Å². The fraction of sp³-hybridized carbons (Fsp3) is 0.667. The minimum atomic E-state index is -0.128. The summed E-state index contributed by atoms with van der Waals surface area (Å²) in [6.07, 6.45) is 6.02. The number of morpholine rings is 1. The van der Waals surface area contributed by atoms with E-state index in [1.54, 1.807) is 6.07 Å². The molecule has 1 aliphatic carbocycles. The van der Waals surface area contributed by atoms with Crippen LogP contribution in [0.4, 0.5) is 5.69 Å². The van der Waals surface area contributed by atoms with Gasteiger partial charge in [-0.25, -0.2) is 0 Å². The third-order valence-corrected chi connectivity index (χ3v) is 5.96. The minimum Gasteiger partial charge on any atom is -0.399 e. The SMILES string of the molecule is Cc1ccc(N)cc1C(=O)NCC1(N2CCOC(C)(C)C2)CCCCC1.Cl.Cl. The Balaban J connectivity index is 0.00000196. The first-order valence-corrected chi connectivity index (χ1v) is 9.85. The number of aryl methyl sites for hydroxylation is 1. The van der Waals surface area contributed by atoms with Gasteiger partial charge in [-0.2, -0.15) is 0 Å². The Morgan fingerprint density at radius 1 is 1.21 bits per heavy atom. The summed E-state index contributed by atoms with van der Waals surface area (Å²) in [5, 5.41) is 3.23. The second-order valence-corrected chi connectivity index (χ2v) is 8.57. The number of ether oxygens (including phenoxy) is 1. The number of benzene rings is 1. The molecule has 1 aromatic rings. The molecule has 0 bridgehead atoms. The Labute approximate surface area is 181 Å². The van der Waals surface area contributed by atoms with Crippen LogP contribution in [-0.2, 0) is 4.74 Å². The Bertz CT molecular complexity index is 661. The monoisotopic (exact) mass is 431 g/mol. The van der Waals surface area contributed by atoms with Crippen molar-refractivity contribution in [2.75, 3.05) is 32.0 Å². The molecule has 7 heteroatoms. The third kappa shape index (κ3) is 5.76. The highest BCUT2D eigenvalue weighted by Gasteiger charge is 2.42. The first-order valence-electron chi connectivity index (χ1n) is 9.85. The van der Waals surface area contributed by atoms with E-state index >= 15 is 0 Å². The number of nitrogens with zero attached hydrogens (tertiary/aromatic N) is 1. The van der Waals surface area contributed by atoms with Gasteiger partial charge in [-0.3, -0.25) is 9.69 Å². The van der Waals surface area contributed by atoms with E-state index in [2.05, 4.69) is 24.1 Å². The Morgan fingerprint density at radius 3 is 2.54 bits per heavy atom. The predicted molar refractivity (Wildman–Crippen MR) is 120 cm³/mol. The Hall–Kier alpha value is -1.01. The van der Waals surface area contributed by atoms with E-state index in [0.29, 0.717) is 17.8 Å². The van der Waals surface area contributed by atoms with Crippen molar-refractivity contribution >= 4 is 36.4 Å². The first-order chi connectivity index (χ1) is 12.3. The summed E-state index contributed by atoms with van der Waals surface area (Å²) in [4.78, 5) is 15.4. The summed E-state index contributed by atoms with van der Waals surface area (Å²) in [5.74, 6) is -0.0210. The number of carbonyl (C=O) groups excluding carboxylic acids is 1. The summed E-state index contributed by atoms with van der Waals surface area (Å²) in [5.41, 5.74) is 8.06. The number of anilines is 1. The Kier molecular flexibility index (Phi) is 9.07. The molecule has 2 fully saturated rings. The van der Waals surface area contributed by atoms with Crippen LogP contribution in [-0.4, -0.2) is 48.2 Å². The molecule has 3 N–H and O–H groups in total. The number of hydrogen-bond acceptors (Lipinski definition) is 4. The average molecular weight is 432 g/mol. The van der Waals surface area contributed by atoms with Crippen LogP contribution in [0.1, 0.15) is 61.9 Å². The topological polar surface area (TPSA) is 67.6 Å². The van der Waals surface area contributed by atoms with E-state index in [4.69, 9.17) is 10.5 Å². The highest BCUT2D eigenvalue weighted by atomic mass is 35.5. The molecule has 0 unspecified atom stereocenters. The summed E-state index contributed by atoms with van der Waals surface area (Å²) < 4.78 is 5.91. The van der Waals surface area contributed by atoms with Gasteiger partial charge in [-0.05, 0) is 51.3 Å². The molecule has 28 heavy (non-hydrogen) atoms. The van der Waals surface area contributed by atoms with E-state index in [-0.39, 0.29) is 41.9 Å². The smallest absolute Gasteiger partial charge is 0.251 e. The van der Waals surface area contributed by atoms with Crippen LogP contribution < -0.4 is 11.1 Å². The van der Waals surface area contributed by atoms with Crippen LogP contribution in [0.15, 0.2) is 18.2 Å². The van der Waals surface area contributed by atoms with Crippen molar-refractivity contribution in [3.63, 3.8) is 0 Å². The summed E-state index contributed by atoms with van der Waals surface area (Å²) in [6, 6.07) is 5.52. The lowest BCUT2D eigenvalue weighted by molar-refractivity contribution is -0.122. The number of nitrogen functional groups attached to an aromatic ring is 1. The van der Waals surface area contributed by atoms with E-state index in [1.165, 1.54) is 19.3 Å². The van der Waals surface area contributed by atoms with Crippen LogP contribution in [0.25, 0.3) is 0 Å². The quantitative estimate of drug-likeness (QED) is 0.707. The highest BCUT2D eigenvalue weighted by molar-refractivity contribution is 5.96. The average Bonchev–Trinajstić information content (AvgIpc) is 2.61. The molecule has 2 aliphatic rings. The van der Waals surface area contributed by atoms with Crippen molar-refractivity contribution in [2.45, 2.75) is 64.0 Å².